The monoisotopic (exact) mass is 207 g/mol. The van der Waals surface area contributed by atoms with Crippen molar-refractivity contribution < 1.29 is 9.53 Å². The zero-order valence-electron chi connectivity index (χ0n) is 9.37. The van der Waals surface area contributed by atoms with Gasteiger partial charge in [0.15, 0.2) is 0 Å². The largest absolute Gasteiger partial charge is 0.459 e. The Morgan fingerprint density at radius 3 is 2.60 bits per heavy atom. The van der Waals surface area contributed by atoms with Crippen LogP contribution in [0, 0.1) is 24.7 Å². The molecule has 0 amide bonds. The third-order valence-electron chi connectivity index (χ3n) is 3.88. The van der Waals surface area contributed by atoms with E-state index in [9.17, 15) is 4.79 Å². The van der Waals surface area contributed by atoms with Crippen molar-refractivity contribution in [2.45, 2.75) is 38.7 Å². The van der Waals surface area contributed by atoms with Crippen molar-refractivity contribution in [2.75, 3.05) is 0 Å². The number of hydrogen-bond donors (Lipinski definition) is 0. The summed E-state index contributed by atoms with van der Waals surface area (Å²) >= 11 is 0. The highest BCUT2D eigenvalue weighted by atomic mass is 16.5. The summed E-state index contributed by atoms with van der Waals surface area (Å²) in [5.74, 6) is 1.81. The van der Waals surface area contributed by atoms with E-state index in [0.29, 0.717) is 11.5 Å². The topological polar surface area (TPSA) is 26.3 Å². The summed E-state index contributed by atoms with van der Waals surface area (Å²) in [5.41, 5.74) is 0.465. The first-order valence-corrected chi connectivity index (χ1v) is 5.77. The summed E-state index contributed by atoms with van der Waals surface area (Å²) < 4.78 is 5.30. The normalized spacial score (nSPS) is 35.2. The van der Waals surface area contributed by atoms with Crippen molar-refractivity contribution in [1.82, 2.24) is 0 Å². The summed E-state index contributed by atoms with van der Waals surface area (Å²) in [6.45, 7) is 9.23. The van der Waals surface area contributed by atoms with Crippen LogP contribution in [0.2, 0.25) is 0 Å². The predicted molar refractivity (Wildman–Crippen MR) is 59.0 cm³/mol. The SMILES string of the molecule is [CH2]C(OC(=O)C(=C)C)C1CC2CCC1C2. The van der Waals surface area contributed by atoms with Gasteiger partial charge in [0.25, 0.3) is 0 Å². The third-order valence-corrected chi connectivity index (χ3v) is 3.88. The molecule has 2 rings (SSSR count). The molecular formula is C13H19O2. The van der Waals surface area contributed by atoms with Crippen molar-refractivity contribution in [3.05, 3.63) is 19.1 Å². The molecular weight excluding hydrogens is 188 g/mol. The van der Waals surface area contributed by atoms with Gasteiger partial charge in [0.2, 0.25) is 0 Å². The van der Waals surface area contributed by atoms with Crippen LogP contribution < -0.4 is 0 Å². The molecule has 2 heteroatoms. The molecule has 2 fully saturated rings. The number of hydrogen-bond acceptors (Lipinski definition) is 2. The minimum atomic E-state index is -0.294. The van der Waals surface area contributed by atoms with Gasteiger partial charge in [0.05, 0.1) is 0 Å². The van der Waals surface area contributed by atoms with Crippen LogP contribution in [0.4, 0.5) is 0 Å². The smallest absolute Gasteiger partial charge is 0.333 e. The maximum absolute atomic E-state index is 11.4. The van der Waals surface area contributed by atoms with Crippen LogP contribution in [0.25, 0.3) is 0 Å². The van der Waals surface area contributed by atoms with E-state index in [1.807, 2.05) is 0 Å². The fraction of sp³-hybridized carbons (Fsp3) is 0.692. The molecule has 0 spiro atoms. The Morgan fingerprint density at radius 1 is 1.40 bits per heavy atom. The highest BCUT2D eigenvalue weighted by Crippen LogP contribution is 2.49. The Labute approximate surface area is 91.7 Å². The first-order valence-electron chi connectivity index (χ1n) is 5.77. The molecule has 0 aromatic heterocycles. The quantitative estimate of drug-likeness (QED) is 0.525. The van der Waals surface area contributed by atoms with Gasteiger partial charge < -0.3 is 4.74 Å². The number of carbonyl (C=O) groups excluding carboxylic acids is 1. The first-order chi connectivity index (χ1) is 7.08. The van der Waals surface area contributed by atoms with E-state index in [4.69, 9.17) is 4.74 Å². The maximum atomic E-state index is 11.4. The zero-order valence-corrected chi connectivity index (χ0v) is 9.37. The summed E-state index contributed by atoms with van der Waals surface area (Å²) in [7, 11) is 0. The van der Waals surface area contributed by atoms with Gasteiger partial charge >= 0.3 is 5.97 Å². The van der Waals surface area contributed by atoms with Crippen molar-refractivity contribution in [3.8, 4) is 0 Å². The van der Waals surface area contributed by atoms with Crippen LogP contribution in [0.5, 0.6) is 0 Å². The second-order valence-electron chi connectivity index (χ2n) is 5.06. The molecule has 4 unspecified atom stereocenters. The van der Waals surface area contributed by atoms with Gasteiger partial charge in [-0.25, -0.2) is 4.79 Å². The summed E-state index contributed by atoms with van der Waals surface area (Å²) in [4.78, 5) is 11.4. The van der Waals surface area contributed by atoms with E-state index in [0.717, 1.165) is 11.8 Å². The van der Waals surface area contributed by atoms with Crippen LogP contribution >= 0.6 is 0 Å². The molecule has 83 valence electrons. The van der Waals surface area contributed by atoms with Crippen LogP contribution in [-0.4, -0.2) is 12.1 Å². The Kier molecular flexibility index (Phi) is 2.85. The van der Waals surface area contributed by atoms with Gasteiger partial charge in [-0.1, -0.05) is 13.0 Å². The summed E-state index contributed by atoms with van der Waals surface area (Å²) in [6.07, 6.45) is 5.00. The number of esters is 1. The van der Waals surface area contributed by atoms with E-state index in [2.05, 4.69) is 13.5 Å². The van der Waals surface area contributed by atoms with Crippen molar-refractivity contribution in [3.63, 3.8) is 0 Å². The minimum Gasteiger partial charge on any atom is -0.459 e. The molecule has 4 atom stereocenters. The van der Waals surface area contributed by atoms with Gasteiger partial charge in [-0.15, -0.1) is 0 Å². The molecule has 1 radical (unpaired) electrons. The van der Waals surface area contributed by atoms with Crippen LogP contribution in [0.1, 0.15) is 32.6 Å². The summed E-state index contributed by atoms with van der Waals surface area (Å²) in [5, 5.41) is 0. The lowest BCUT2D eigenvalue weighted by atomic mass is 9.85. The average Bonchev–Trinajstić information content (AvgIpc) is 2.78. The zero-order chi connectivity index (χ0) is 11.0. The Balaban J connectivity index is 1.89. The van der Waals surface area contributed by atoms with E-state index < -0.39 is 0 Å². The fourth-order valence-electron chi connectivity index (χ4n) is 3.07. The molecule has 0 saturated heterocycles. The van der Waals surface area contributed by atoms with Gasteiger partial charge in [-0.3, -0.25) is 0 Å². The van der Waals surface area contributed by atoms with E-state index >= 15 is 0 Å². The van der Waals surface area contributed by atoms with E-state index in [1.54, 1.807) is 6.92 Å². The Hall–Kier alpha value is -0.790. The second-order valence-corrected chi connectivity index (χ2v) is 5.06. The predicted octanol–water partition coefficient (Wildman–Crippen LogP) is 2.74. The number of fused-ring (bicyclic) bond motifs is 2. The van der Waals surface area contributed by atoms with Crippen LogP contribution in [0.3, 0.4) is 0 Å². The van der Waals surface area contributed by atoms with Gasteiger partial charge in [0.1, 0.15) is 6.10 Å². The van der Waals surface area contributed by atoms with E-state index in [1.165, 1.54) is 25.7 Å². The number of ether oxygens (including phenoxy) is 1. The molecule has 2 aliphatic carbocycles. The standard InChI is InChI=1S/C13H19O2/c1-8(2)13(14)15-9(3)12-7-10-4-5-11(12)6-10/h9-12H,1,3-7H2,2H3. The Bertz CT molecular complexity index is 282. The molecule has 0 aromatic carbocycles. The highest BCUT2D eigenvalue weighted by Gasteiger charge is 2.42. The summed E-state index contributed by atoms with van der Waals surface area (Å²) in [6, 6.07) is 0. The maximum Gasteiger partial charge on any atom is 0.333 e. The average molecular weight is 207 g/mol. The number of rotatable bonds is 3. The van der Waals surface area contributed by atoms with Crippen molar-refractivity contribution in [1.29, 1.82) is 0 Å². The minimum absolute atomic E-state index is 0.176. The van der Waals surface area contributed by atoms with Crippen molar-refractivity contribution in [2.24, 2.45) is 17.8 Å². The molecule has 0 N–H and O–H groups in total. The molecule has 0 aliphatic heterocycles. The highest BCUT2D eigenvalue weighted by molar-refractivity contribution is 5.87. The van der Waals surface area contributed by atoms with E-state index in [-0.39, 0.29) is 12.1 Å². The lowest BCUT2D eigenvalue weighted by molar-refractivity contribution is -0.145. The molecule has 2 bridgehead atoms. The van der Waals surface area contributed by atoms with Gasteiger partial charge in [-0.05, 0) is 50.9 Å². The number of carbonyl (C=O) groups is 1. The van der Waals surface area contributed by atoms with Gasteiger partial charge in [-0.2, -0.15) is 0 Å². The van der Waals surface area contributed by atoms with Crippen LogP contribution in [0.15, 0.2) is 12.2 Å². The fourth-order valence-corrected chi connectivity index (χ4v) is 3.07. The van der Waals surface area contributed by atoms with Crippen molar-refractivity contribution >= 4 is 5.97 Å². The Morgan fingerprint density at radius 2 is 2.13 bits per heavy atom. The molecule has 2 aliphatic rings. The molecule has 15 heavy (non-hydrogen) atoms. The molecule has 2 nitrogen and oxygen atoms in total. The molecule has 0 aromatic rings. The van der Waals surface area contributed by atoms with Crippen LogP contribution in [-0.2, 0) is 9.53 Å². The lowest BCUT2D eigenvalue weighted by Crippen LogP contribution is -2.28. The first kappa shape index (κ1) is 10.7. The lowest BCUT2D eigenvalue weighted by Gasteiger charge is -2.27. The van der Waals surface area contributed by atoms with Gasteiger partial charge in [0, 0.05) is 5.57 Å². The third kappa shape index (κ3) is 2.09. The second kappa shape index (κ2) is 3.99. The molecule has 2 saturated carbocycles. The molecule has 0 heterocycles.